The normalized spacial score (nSPS) is 11.1. The zero-order valence-electron chi connectivity index (χ0n) is 15.8. The number of carbonyl (C=O) groups is 1. The molecule has 0 spiro atoms. The van der Waals surface area contributed by atoms with Crippen LogP contribution in [0.2, 0.25) is 0 Å². The Balaban J connectivity index is 2.15. The first kappa shape index (κ1) is 20.4. The second-order valence-corrected chi connectivity index (χ2v) is 6.11. The molecule has 0 aromatic heterocycles. The average Bonchev–Trinajstić information content (AvgIpc) is 2.58. The van der Waals surface area contributed by atoms with Crippen molar-refractivity contribution in [2.45, 2.75) is 34.3 Å². The summed E-state index contributed by atoms with van der Waals surface area (Å²) in [6.07, 6.45) is 2.97. The molecule has 0 aliphatic carbocycles. The molecule has 0 unspecified atom stereocenters. The van der Waals surface area contributed by atoms with Crippen molar-refractivity contribution >= 4 is 17.7 Å². The highest BCUT2D eigenvalue weighted by Crippen LogP contribution is 2.30. The van der Waals surface area contributed by atoms with Crippen LogP contribution < -0.4 is 14.8 Å². The zero-order valence-corrected chi connectivity index (χ0v) is 15.8. The van der Waals surface area contributed by atoms with Gasteiger partial charge in [0.2, 0.25) is 5.91 Å². The number of halogens is 2. The Kier molecular flexibility index (Phi) is 6.93. The average molecular weight is 375 g/mol. The largest absolute Gasteiger partial charge is 0.490 e. The van der Waals surface area contributed by atoms with Crippen molar-refractivity contribution in [3.63, 3.8) is 0 Å². The van der Waals surface area contributed by atoms with Crippen LogP contribution in [0, 0.1) is 20.8 Å². The van der Waals surface area contributed by atoms with Gasteiger partial charge in [0, 0.05) is 11.8 Å². The third-order valence-electron chi connectivity index (χ3n) is 3.84. The van der Waals surface area contributed by atoms with Crippen LogP contribution >= 0.6 is 0 Å². The SMILES string of the molecule is CCOc1cc(/C=C/C(=O)Nc2c(C)cc(C)cc2C)ccc1OC(F)F. The van der Waals surface area contributed by atoms with Crippen molar-refractivity contribution in [1.82, 2.24) is 0 Å². The van der Waals surface area contributed by atoms with Gasteiger partial charge in [0.05, 0.1) is 6.61 Å². The number of nitrogens with one attached hydrogen (secondary N) is 1. The molecule has 0 atom stereocenters. The quantitative estimate of drug-likeness (QED) is 0.671. The maximum absolute atomic E-state index is 12.4. The van der Waals surface area contributed by atoms with E-state index in [1.165, 1.54) is 12.1 Å². The zero-order chi connectivity index (χ0) is 20.0. The summed E-state index contributed by atoms with van der Waals surface area (Å²) in [5.74, 6) is -0.124. The van der Waals surface area contributed by atoms with E-state index in [-0.39, 0.29) is 17.4 Å². The monoisotopic (exact) mass is 375 g/mol. The van der Waals surface area contributed by atoms with Crippen LogP contribution in [0.4, 0.5) is 14.5 Å². The maximum atomic E-state index is 12.4. The van der Waals surface area contributed by atoms with Crippen LogP contribution in [-0.4, -0.2) is 19.1 Å². The van der Waals surface area contributed by atoms with Crippen molar-refractivity contribution in [3.05, 3.63) is 58.7 Å². The molecule has 0 aliphatic heterocycles. The van der Waals surface area contributed by atoms with Gasteiger partial charge in [-0.3, -0.25) is 4.79 Å². The molecular weight excluding hydrogens is 352 g/mol. The minimum atomic E-state index is -2.93. The van der Waals surface area contributed by atoms with Gasteiger partial charge in [0.1, 0.15) is 0 Å². The van der Waals surface area contributed by atoms with Crippen molar-refractivity contribution in [2.24, 2.45) is 0 Å². The molecule has 0 aliphatic rings. The molecule has 27 heavy (non-hydrogen) atoms. The van der Waals surface area contributed by atoms with Gasteiger partial charge in [-0.1, -0.05) is 23.8 Å². The number of hydrogen-bond donors (Lipinski definition) is 1. The number of carbonyl (C=O) groups excluding carboxylic acids is 1. The fourth-order valence-electron chi connectivity index (χ4n) is 2.80. The molecule has 0 radical (unpaired) electrons. The van der Waals surface area contributed by atoms with E-state index in [9.17, 15) is 13.6 Å². The van der Waals surface area contributed by atoms with Gasteiger partial charge >= 0.3 is 6.61 Å². The van der Waals surface area contributed by atoms with Crippen LogP contribution in [0.5, 0.6) is 11.5 Å². The second kappa shape index (κ2) is 9.16. The predicted molar refractivity (Wildman–Crippen MR) is 103 cm³/mol. The van der Waals surface area contributed by atoms with E-state index in [4.69, 9.17) is 4.74 Å². The van der Waals surface area contributed by atoms with E-state index in [0.717, 1.165) is 22.4 Å². The van der Waals surface area contributed by atoms with E-state index in [1.54, 1.807) is 25.1 Å². The Bertz CT molecular complexity index is 824. The third-order valence-corrected chi connectivity index (χ3v) is 3.84. The molecule has 0 saturated carbocycles. The first-order chi connectivity index (χ1) is 12.8. The van der Waals surface area contributed by atoms with Crippen molar-refractivity contribution in [2.75, 3.05) is 11.9 Å². The Labute approximate surface area is 157 Å². The number of aryl methyl sites for hydroxylation is 3. The van der Waals surface area contributed by atoms with Gasteiger partial charge in [-0.05, 0) is 62.6 Å². The number of amides is 1. The summed E-state index contributed by atoms with van der Waals surface area (Å²) in [4.78, 5) is 12.2. The molecule has 4 nitrogen and oxygen atoms in total. The summed E-state index contributed by atoms with van der Waals surface area (Å²) < 4.78 is 34.7. The van der Waals surface area contributed by atoms with Gasteiger partial charge in [-0.25, -0.2) is 0 Å². The Morgan fingerprint density at radius 1 is 1.11 bits per heavy atom. The van der Waals surface area contributed by atoms with Crippen LogP contribution in [0.25, 0.3) is 6.08 Å². The van der Waals surface area contributed by atoms with Crippen LogP contribution in [0.1, 0.15) is 29.2 Å². The molecular formula is C21H23F2NO3. The van der Waals surface area contributed by atoms with Gasteiger partial charge in [-0.2, -0.15) is 8.78 Å². The fourth-order valence-corrected chi connectivity index (χ4v) is 2.80. The molecule has 2 rings (SSSR count). The molecule has 0 bridgehead atoms. The standard InChI is InChI=1S/C21H23F2NO3/c1-5-26-18-12-16(6-8-17(18)27-21(22)23)7-9-19(25)24-20-14(3)10-13(2)11-15(20)4/h6-12,21H,5H2,1-4H3,(H,24,25)/b9-7+. The first-order valence-electron chi connectivity index (χ1n) is 8.58. The molecule has 144 valence electrons. The topological polar surface area (TPSA) is 47.6 Å². The highest BCUT2D eigenvalue weighted by Gasteiger charge is 2.11. The minimum absolute atomic E-state index is 0.0423. The minimum Gasteiger partial charge on any atom is -0.490 e. The summed E-state index contributed by atoms with van der Waals surface area (Å²) in [7, 11) is 0. The molecule has 0 saturated heterocycles. The summed E-state index contributed by atoms with van der Waals surface area (Å²) in [5, 5.41) is 2.87. The first-order valence-corrected chi connectivity index (χ1v) is 8.58. The maximum Gasteiger partial charge on any atom is 0.387 e. The van der Waals surface area contributed by atoms with Crippen molar-refractivity contribution < 1.29 is 23.0 Å². The number of alkyl halides is 2. The molecule has 0 heterocycles. The predicted octanol–water partition coefficient (Wildman–Crippen LogP) is 5.26. The van der Waals surface area contributed by atoms with Gasteiger partial charge in [0.25, 0.3) is 0 Å². The number of anilines is 1. The summed E-state index contributed by atoms with van der Waals surface area (Å²) in [6.45, 7) is 5.00. The van der Waals surface area contributed by atoms with Crippen LogP contribution in [-0.2, 0) is 4.79 Å². The molecule has 2 aromatic rings. The summed E-state index contributed by atoms with van der Waals surface area (Å²) >= 11 is 0. The molecule has 2 aromatic carbocycles. The Morgan fingerprint density at radius 3 is 2.37 bits per heavy atom. The number of benzene rings is 2. The highest BCUT2D eigenvalue weighted by molar-refractivity contribution is 6.02. The van der Waals surface area contributed by atoms with E-state index in [2.05, 4.69) is 10.1 Å². The molecule has 1 amide bonds. The third kappa shape index (κ3) is 5.81. The summed E-state index contributed by atoms with van der Waals surface area (Å²) in [5.41, 5.74) is 4.52. The fraction of sp³-hybridized carbons (Fsp3) is 0.286. The van der Waals surface area contributed by atoms with Crippen molar-refractivity contribution in [3.8, 4) is 11.5 Å². The Hall–Kier alpha value is -2.89. The number of hydrogen-bond acceptors (Lipinski definition) is 3. The highest BCUT2D eigenvalue weighted by atomic mass is 19.3. The number of rotatable bonds is 7. The lowest BCUT2D eigenvalue weighted by molar-refractivity contribution is -0.111. The van der Waals surface area contributed by atoms with Gasteiger partial charge in [0.15, 0.2) is 11.5 Å². The lowest BCUT2D eigenvalue weighted by Crippen LogP contribution is -2.10. The smallest absolute Gasteiger partial charge is 0.387 e. The molecule has 0 fully saturated rings. The van der Waals surface area contributed by atoms with E-state index in [0.29, 0.717) is 12.2 Å². The number of ether oxygens (including phenoxy) is 2. The van der Waals surface area contributed by atoms with Gasteiger partial charge < -0.3 is 14.8 Å². The van der Waals surface area contributed by atoms with Crippen LogP contribution in [0.15, 0.2) is 36.4 Å². The van der Waals surface area contributed by atoms with E-state index >= 15 is 0 Å². The van der Waals surface area contributed by atoms with E-state index in [1.807, 2.05) is 32.9 Å². The lowest BCUT2D eigenvalue weighted by atomic mass is 10.1. The second-order valence-electron chi connectivity index (χ2n) is 6.11. The van der Waals surface area contributed by atoms with Crippen molar-refractivity contribution in [1.29, 1.82) is 0 Å². The molecule has 1 N–H and O–H groups in total. The lowest BCUT2D eigenvalue weighted by Gasteiger charge is -2.12. The molecule has 6 heteroatoms. The Morgan fingerprint density at radius 2 is 1.78 bits per heavy atom. The van der Waals surface area contributed by atoms with Crippen LogP contribution in [0.3, 0.4) is 0 Å². The van der Waals surface area contributed by atoms with E-state index < -0.39 is 6.61 Å². The summed E-state index contributed by atoms with van der Waals surface area (Å²) in [6, 6.07) is 8.52. The van der Waals surface area contributed by atoms with Gasteiger partial charge in [-0.15, -0.1) is 0 Å².